The topological polar surface area (TPSA) is 53.1 Å². The summed E-state index contributed by atoms with van der Waals surface area (Å²) in [5, 5.41) is 10.5. The first kappa shape index (κ1) is 10.2. The SMILES string of the molecule is O=C(O)Cc1c(CBr)[nH]c2ccccc12. The molecule has 0 radical (unpaired) electrons. The van der Waals surface area contributed by atoms with Gasteiger partial charge in [0.2, 0.25) is 0 Å². The lowest BCUT2D eigenvalue weighted by molar-refractivity contribution is -0.136. The second-order valence-electron chi connectivity index (χ2n) is 3.33. The van der Waals surface area contributed by atoms with Gasteiger partial charge in [-0.3, -0.25) is 4.79 Å². The standard InChI is InChI=1S/C11H10BrNO2/c12-6-10-8(5-11(14)15)7-3-1-2-4-9(7)13-10/h1-4,13H,5-6H2,(H,14,15). The molecule has 1 aromatic carbocycles. The summed E-state index contributed by atoms with van der Waals surface area (Å²) >= 11 is 3.35. The van der Waals surface area contributed by atoms with Crippen molar-refractivity contribution in [3.63, 3.8) is 0 Å². The predicted molar refractivity (Wildman–Crippen MR) is 62.3 cm³/mol. The van der Waals surface area contributed by atoms with Crippen molar-refractivity contribution in [2.75, 3.05) is 0 Å². The third-order valence-corrected chi connectivity index (χ3v) is 2.92. The summed E-state index contributed by atoms with van der Waals surface area (Å²) in [5.74, 6) is -0.804. The molecule has 0 aliphatic carbocycles. The van der Waals surface area contributed by atoms with Gasteiger partial charge < -0.3 is 10.1 Å². The molecule has 2 aromatic rings. The fourth-order valence-corrected chi connectivity index (χ4v) is 2.20. The third-order valence-electron chi connectivity index (χ3n) is 2.36. The second-order valence-corrected chi connectivity index (χ2v) is 3.89. The van der Waals surface area contributed by atoms with Crippen LogP contribution in [-0.4, -0.2) is 16.1 Å². The number of aliphatic carboxylic acids is 1. The summed E-state index contributed by atoms with van der Waals surface area (Å²) in [4.78, 5) is 14.0. The number of aromatic nitrogens is 1. The molecular formula is C11H10BrNO2. The number of benzene rings is 1. The van der Waals surface area contributed by atoms with Crippen LogP contribution < -0.4 is 0 Å². The van der Waals surface area contributed by atoms with Crippen LogP contribution in [-0.2, 0) is 16.5 Å². The van der Waals surface area contributed by atoms with E-state index in [9.17, 15) is 4.79 Å². The number of hydrogen-bond acceptors (Lipinski definition) is 1. The minimum atomic E-state index is -0.804. The van der Waals surface area contributed by atoms with Crippen LogP contribution in [0.15, 0.2) is 24.3 Å². The number of para-hydroxylation sites is 1. The van der Waals surface area contributed by atoms with Crippen LogP contribution in [0.2, 0.25) is 0 Å². The Morgan fingerprint density at radius 2 is 2.13 bits per heavy atom. The molecule has 0 bridgehead atoms. The van der Waals surface area contributed by atoms with Crippen molar-refractivity contribution >= 4 is 32.8 Å². The molecule has 0 aliphatic rings. The molecule has 0 spiro atoms. The molecule has 4 heteroatoms. The fourth-order valence-electron chi connectivity index (χ4n) is 1.72. The highest BCUT2D eigenvalue weighted by molar-refractivity contribution is 9.08. The molecule has 0 unspecified atom stereocenters. The van der Waals surface area contributed by atoms with Crippen molar-refractivity contribution in [1.82, 2.24) is 4.98 Å². The third kappa shape index (κ3) is 1.90. The molecule has 15 heavy (non-hydrogen) atoms. The number of fused-ring (bicyclic) bond motifs is 1. The highest BCUT2D eigenvalue weighted by atomic mass is 79.9. The molecule has 1 aromatic heterocycles. The van der Waals surface area contributed by atoms with Gasteiger partial charge in [0.15, 0.2) is 0 Å². The Morgan fingerprint density at radius 1 is 1.40 bits per heavy atom. The zero-order chi connectivity index (χ0) is 10.8. The van der Waals surface area contributed by atoms with Crippen LogP contribution in [0.3, 0.4) is 0 Å². The van der Waals surface area contributed by atoms with Gasteiger partial charge in [-0.25, -0.2) is 0 Å². The van der Waals surface area contributed by atoms with Crippen LogP contribution in [0.5, 0.6) is 0 Å². The van der Waals surface area contributed by atoms with Gasteiger partial charge in [0.05, 0.1) is 6.42 Å². The Morgan fingerprint density at radius 3 is 2.80 bits per heavy atom. The van der Waals surface area contributed by atoms with Crippen LogP contribution in [0.1, 0.15) is 11.3 Å². The molecule has 0 atom stereocenters. The fraction of sp³-hybridized carbons (Fsp3) is 0.182. The number of rotatable bonds is 3. The van der Waals surface area contributed by atoms with Gasteiger partial charge in [-0.05, 0) is 11.6 Å². The maximum atomic E-state index is 10.7. The number of aromatic amines is 1. The van der Waals surface area contributed by atoms with Crippen molar-refractivity contribution in [2.24, 2.45) is 0 Å². The van der Waals surface area contributed by atoms with E-state index in [4.69, 9.17) is 5.11 Å². The van der Waals surface area contributed by atoms with Crippen molar-refractivity contribution in [3.05, 3.63) is 35.5 Å². The number of halogens is 1. The monoisotopic (exact) mass is 267 g/mol. The quantitative estimate of drug-likeness (QED) is 0.841. The minimum Gasteiger partial charge on any atom is -0.481 e. The van der Waals surface area contributed by atoms with E-state index in [1.165, 1.54) is 0 Å². The number of hydrogen-bond donors (Lipinski definition) is 2. The van der Waals surface area contributed by atoms with E-state index in [2.05, 4.69) is 20.9 Å². The van der Waals surface area contributed by atoms with E-state index in [-0.39, 0.29) is 6.42 Å². The molecule has 78 valence electrons. The number of alkyl halides is 1. The smallest absolute Gasteiger partial charge is 0.307 e. The van der Waals surface area contributed by atoms with Gasteiger partial charge in [-0.1, -0.05) is 34.1 Å². The number of carboxylic acid groups (broad SMARTS) is 1. The van der Waals surface area contributed by atoms with E-state index in [1.807, 2.05) is 24.3 Å². The summed E-state index contributed by atoms with van der Waals surface area (Å²) < 4.78 is 0. The highest BCUT2D eigenvalue weighted by Gasteiger charge is 2.12. The Labute approximate surface area is 95.2 Å². The normalized spacial score (nSPS) is 10.7. The molecule has 0 saturated heterocycles. The first-order chi connectivity index (χ1) is 7.22. The Bertz CT molecular complexity index is 504. The molecule has 0 saturated carbocycles. The van der Waals surface area contributed by atoms with Crippen LogP contribution in [0, 0.1) is 0 Å². The van der Waals surface area contributed by atoms with Crippen LogP contribution in [0.25, 0.3) is 10.9 Å². The highest BCUT2D eigenvalue weighted by Crippen LogP contribution is 2.24. The van der Waals surface area contributed by atoms with E-state index in [0.29, 0.717) is 5.33 Å². The molecule has 0 aliphatic heterocycles. The Balaban J connectivity index is 2.61. The first-order valence-corrected chi connectivity index (χ1v) is 5.70. The average Bonchev–Trinajstić information content (AvgIpc) is 2.56. The number of nitrogens with one attached hydrogen (secondary N) is 1. The summed E-state index contributed by atoms with van der Waals surface area (Å²) in [7, 11) is 0. The van der Waals surface area contributed by atoms with Gasteiger partial charge in [0.25, 0.3) is 0 Å². The summed E-state index contributed by atoms with van der Waals surface area (Å²) in [6.07, 6.45) is 0.0605. The minimum absolute atomic E-state index is 0.0605. The van der Waals surface area contributed by atoms with E-state index < -0.39 is 5.97 Å². The summed E-state index contributed by atoms with van der Waals surface area (Å²) in [6, 6.07) is 7.74. The molecule has 2 rings (SSSR count). The maximum Gasteiger partial charge on any atom is 0.307 e. The largest absolute Gasteiger partial charge is 0.481 e. The van der Waals surface area contributed by atoms with Crippen molar-refractivity contribution < 1.29 is 9.90 Å². The maximum absolute atomic E-state index is 10.7. The average molecular weight is 268 g/mol. The van der Waals surface area contributed by atoms with E-state index in [0.717, 1.165) is 22.2 Å². The Hall–Kier alpha value is -1.29. The van der Waals surface area contributed by atoms with Gasteiger partial charge in [-0.15, -0.1) is 0 Å². The number of carbonyl (C=O) groups is 1. The number of carboxylic acids is 1. The van der Waals surface area contributed by atoms with Crippen LogP contribution in [0.4, 0.5) is 0 Å². The number of H-pyrrole nitrogens is 1. The molecular weight excluding hydrogens is 258 g/mol. The van der Waals surface area contributed by atoms with Crippen molar-refractivity contribution in [1.29, 1.82) is 0 Å². The summed E-state index contributed by atoms with van der Waals surface area (Å²) in [5.41, 5.74) is 2.80. The first-order valence-electron chi connectivity index (χ1n) is 4.58. The predicted octanol–water partition coefficient (Wildman–Crippen LogP) is 2.69. The zero-order valence-corrected chi connectivity index (χ0v) is 9.54. The summed E-state index contributed by atoms with van der Waals surface area (Å²) in [6.45, 7) is 0. The zero-order valence-electron chi connectivity index (χ0n) is 7.96. The van der Waals surface area contributed by atoms with Crippen molar-refractivity contribution in [3.8, 4) is 0 Å². The van der Waals surface area contributed by atoms with Gasteiger partial charge in [-0.2, -0.15) is 0 Å². The molecule has 0 fully saturated rings. The molecule has 3 nitrogen and oxygen atoms in total. The molecule has 1 heterocycles. The lowest BCUT2D eigenvalue weighted by Gasteiger charge is -1.97. The van der Waals surface area contributed by atoms with Crippen molar-refractivity contribution in [2.45, 2.75) is 11.8 Å². The second kappa shape index (κ2) is 4.06. The van der Waals surface area contributed by atoms with Crippen LogP contribution >= 0.6 is 15.9 Å². The van der Waals surface area contributed by atoms with E-state index in [1.54, 1.807) is 0 Å². The van der Waals surface area contributed by atoms with E-state index >= 15 is 0 Å². The molecule has 0 amide bonds. The lowest BCUT2D eigenvalue weighted by Crippen LogP contribution is -2.01. The van der Waals surface area contributed by atoms with Gasteiger partial charge >= 0.3 is 5.97 Å². The van der Waals surface area contributed by atoms with Gasteiger partial charge in [0.1, 0.15) is 0 Å². The molecule has 2 N–H and O–H groups in total. The lowest BCUT2D eigenvalue weighted by atomic mass is 10.1. The Kier molecular flexibility index (Phi) is 2.77. The van der Waals surface area contributed by atoms with Gasteiger partial charge in [0, 0.05) is 21.9 Å².